The maximum atomic E-state index is 11.7. The molecule has 0 fully saturated rings. The predicted molar refractivity (Wildman–Crippen MR) is 65.1 cm³/mol. The summed E-state index contributed by atoms with van der Waals surface area (Å²) < 4.78 is 15.0. The average Bonchev–Trinajstić information content (AvgIpc) is 2.89. The molecule has 0 bridgehead atoms. The smallest absolute Gasteiger partial charge is 0.338 e. The number of nitrogens with one attached hydrogen (secondary N) is 1. The third-order valence-corrected chi connectivity index (χ3v) is 2.40. The Kier molecular flexibility index (Phi) is 4.04. The van der Waals surface area contributed by atoms with E-state index in [9.17, 15) is 14.4 Å². The van der Waals surface area contributed by atoms with Crippen LogP contribution >= 0.6 is 0 Å². The van der Waals surface area contributed by atoms with Gasteiger partial charge in [-0.25, -0.2) is 4.79 Å². The van der Waals surface area contributed by atoms with Crippen LogP contribution < -0.4 is 20.5 Å². The highest BCUT2D eigenvalue weighted by Crippen LogP contribution is 2.32. The summed E-state index contributed by atoms with van der Waals surface area (Å²) in [5, 5.41) is 2.20. The number of hydrogen-bond acceptors (Lipinski definition) is 6. The highest BCUT2D eigenvalue weighted by atomic mass is 16.7. The van der Waals surface area contributed by atoms with Gasteiger partial charge in [-0.2, -0.15) is 0 Å². The highest BCUT2D eigenvalue weighted by Gasteiger charge is 2.17. The Bertz CT molecular complexity index is 557. The van der Waals surface area contributed by atoms with Gasteiger partial charge in [0.25, 0.3) is 5.91 Å². The summed E-state index contributed by atoms with van der Waals surface area (Å²) in [7, 11) is 0. The lowest BCUT2D eigenvalue weighted by Crippen LogP contribution is -2.35. The number of carbonyl (C=O) groups excluding carboxylic acids is 3. The predicted octanol–water partition coefficient (Wildman–Crippen LogP) is -0.826. The number of amides is 2. The van der Waals surface area contributed by atoms with Crippen LogP contribution in [0.5, 0.6) is 11.5 Å². The summed E-state index contributed by atoms with van der Waals surface area (Å²) in [5.74, 6) is -0.991. The quantitative estimate of drug-likeness (QED) is 0.680. The van der Waals surface area contributed by atoms with Crippen molar-refractivity contribution in [2.45, 2.75) is 0 Å². The largest absolute Gasteiger partial charge is 0.454 e. The second-order valence-corrected chi connectivity index (χ2v) is 3.89. The number of fused-ring (bicyclic) bond motifs is 1. The van der Waals surface area contributed by atoms with E-state index in [0.717, 1.165) is 0 Å². The Balaban J connectivity index is 1.86. The molecule has 2 rings (SSSR count). The molecule has 2 amide bonds. The van der Waals surface area contributed by atoms with E-state index < -0.39 is 24.4 Å². The van der Waals surface area contributed by atoms with E-state index in [1.807, 2.05) is 0 Å². The van der Waals surface area contributed by atoms with Gasteiger partial charge in [0.15, 0.2) is 18.1 Å². The minimum atomic E-state index is -0.683. The van der Waals surface area contributed by atoms with Crippen LogP contribution in [0.15, 0.2) is 18.2 Å². The molecule has 1 aromatic carbocycles. The van der Waals surface area contributed by atoms with Crippen LogP contribution in [0, 0.1) is 0 Å². The lowest BCUT2D eigenvalue weighted by molar-refractivity contribution is -0.127. The Hall–Kier alpha value is -2.77. The van der Waals surface area contributed by atoms with Crippen LogP contribution in [0.2, 0.25) is 0 Å². The Morgan fingerprint density at radius 1 is 1.25 bits per heavy atom. The third-order valence-electron chi connectivity index (χ3n) is 2.40. The molecular weight excluding hydrogens is 268 g/mol. The van der Waals surface area contributed by atoms with Crippen LogP contribution in [-0.4, -0.2) is 37.7 Å². The van der Waals surface area contributed by atoms with E-state index in [0.29, 0.717) is 11.5 Å². The molecular formula is C12H12N2O6. The van der Waals surface area contributed by atoms with Gasteiger partial charge < -0.3 is 25.3 Å². The fraction of sp³-hybridized carbons (Fsp3) is 0.250. The Morgan fingerprint density at radius 3 is 2.75 bits per heavy atom. The first-order chi connectivity index (χ1) is 9.56. The van der Waals surface area contributed by atoms with Crippen molar-refractivity contribution in [1.29, 1.82) is 0 Å². The summed E-state index contributed by atoms with van der Waals surface area (Å²) in [5.41, 5.74) is 5.09. The maximum absolute atomic E-state index is 11.7. The van der Waals surface area contributed by atoms with Crippen molar-refractivity contribution in [2.75, 3.05) is 19.9 Å². The second kappa shape index (κ2) is 5.91. The third kappa shape index (κ3) is 3.37. The van der Waals surface area contributed by atoms with E-state index in [2.05, 4.69) is 5.32 Å². The minimum Gasteiger partial charge on any atom is -0.454 e. The van der Waals surface area contributed by atoms with Crippen molar-refractivity contribution in [1.82, 2.24) is 5.32 Å². The van der Waals surface area contributed by atoms with Crippen LogP contribution in [0.1, 0.15) is 10.4 Å². The summed E-state index contributed by atoms with van der Waals surface area (Å²) in [6, 6.07) is 4.54. The lowest BCUT2D eigenvalue weighted by Gasteiger charge is -2.05. The molecule has 0 radical (unpaired) electrons. The molecule has 20 heavy (non-hydrogen) atoms. The zero-order chi connectivity index (χ0) is 14.5. The fourth-order valence-electron chi connectivity index (χ4n) is 1.47. The lowest BCUT2D eigenvalue weighted by atomic mass is 10.2. The van der Waals surface area contributed by atoms with Crippen molar-refractivity contribution >= 4 is 17.8 Å². The van der Waals surface area contributed by atoms with Crippen molar-refractivity contribution in [3.8, 4) is 11.5 Å². The monoisotopic (exact) mass is 280 g/mol. The number of nitrogens with two attached hydrogens (primary N) is 1. The van der Waals surface area contributed by atoms with E-state index in [1.54, 1.807) is 6.07 Å². The molecule has 8 heteroatoms. The summed E-state index contributed by atoms with van der Waals surface area (Å²) in [6.07, 6.45) is 0. The van der Waals surface area contributed by atoms with Crippen LogP contribution in [0.4, 0.5) is 0 Å². The number of hydrogen-bond donors (Lipinski definition) is 2. The zero-order valence-corrected chi connectivity index (χ0v) is 10.4. The topological polar surface area (TPSA) is 117 Å². The number of primary amides is 1. The van der Waals surface area contributed by atoms with Crippen LogP contribution in [-0.2, 0) is 14.3 Å². The number of benzene rings is 1. The highest BCUT2D eigenvalue weighted by molar-refractivity contribution is 5.92. The molecule has 1 heterocycles. The standard InChI is InChI=1S/C12H12N2O6/c13-10(15)4-14-11(16)5-18-12(17)7-1-2-8-9(3-7)20-6-19-8/h1-3H,4-6H2,(H2,13,15)(H,14,16). The summed E-state index contributed by atoms with van der Waals surface area (Å²) >= 11 is 0. The van der Waals surface area contributed by atoms with E-state index in [1.165, 1.54) is 12.1 Å². The first kappa shape index (κ1) is 13.7. The summed E-state index contributed by atoms with van der Waals surface area (Å²) in [4.78, 5) is 33.4. The van der Waals surface area contributed by atoms with Crippen molar-refractivity contribution in [3.05, 3.63) is 23.8 Å². The van der Waals surface area contributed by atoms with Gasteiger partial charge in [0, 0.05) is 0 Å². The second-order valence-electron chi connectivity index (χ2n) is 3.89. The van der Waals surface area contributed by atoms with E-state index in [4.69, 9.17) is 19.9 Å². The van der Waals surface area contributed by atoms with Crippen molar-refractivity contribution in [3.63, 3.8) is 0 Å². The number of rotatable bonds is 5. The fourth-order valence-corrected chi connectivity index (χ4v) is 1.47. The van der Waals surface area contributed by atoms with Crippen LogP contribution in [0.3, 0.4) is 0 Å². The molecule has 1 aliphatic heterocycles. The molecule has 0 spiro atoms. The van der Waals surface area contributed by atoms with E-state index >= 15 is 0 Å². The van der Waals surface area contributed by atoms with E-state index in [-0.39, 0.29) is 18.9 Å². The Labute approximate surface area is 113 Å². The maximum Gasteiger partial charge on any atom is 0.338 e. The molecule has 0 atom stereocenters. The molecule has 1 aromatic rings. The van der Waals surface area contributed by atoms with Gasteiger partial charge in [-0.15, -0.1) is 0 Å². The van der Waals surface area contributed by atoms with Gasteiger partial charge in [0.05, 0.1) is 12.1 Å². The molecule has 0 aliphatic carbocycles. The average molecular weight is 280 g/mol. The van der Waals surface area contributed by atoms with Gasteiger partial charge in [0.1, 0.15) is 0 Å². The first-order valence-electron chi connectivity index (χ1n) is 5.68. The van der Waals surface area contributed by atoms with Gasteiger partial charge in [-0.1, -0.05) is 0 Å². The number of esters is 1. The Morgan fingerprint density at radius 2 is 2.00 bits per heavy atom. The molecule has 0 saturated carbocycles. The van der Waals surface area contributed by atoms with Crippen molar-refractivity contribution < 1.29 is 28.6 Å². The zero-order valence-electron chi connectivity index (χ0n) is 10.4. The van der Waals surface area contributed by atoms with Gasteiger partial charge in [0.2, 0.25) is 12.7 Å². The molecule has 0 aromatic heterocycles. The number of carbonyl (C=O) groups is 3. The minimum absolute atomic E-state index is 0.101. The molecule has 3 N–H and O–H groups in total. The molecule has 1 aliphatic rings. The van der Waals surface area contributed by atoms with Gasteiger partial charge in [-0.05, 0) is 18.2 Å². The molecule has 0 saturated heterocycles. The van der Waals surface area contributed by atoms with Crippen LogP contribution in [0.25, 0.3) is 0 Å². The van der Waals surface area contributed by atoms with Gasteiger partial charge in [-0.3, -0.25) is 9.59 Å². The summed E-state index contributed by atoms with van der Waals surface area (Å²) in [6.45, 7) is -0.704. The first-order valence-corrected chi connectivity index (χ1v) is 5.68. The van der Waals surface area contributed by atoms with Crippen molar-refractivity contribution in [2.24, 2.45) is 5.73 Å². The number of ether oxygens (including phenoxy) is 3. The molecule has 8 nitrogen and oxygen atoms in total. The SMILES string of the molecule is NC(=O)CNC(=O)COC(=O)c1ccc2c(c1)OCO2. The molecule has 106 valence electrons. The van der Waals surface area contributed by atoms with Gasteiger partial charge >= 0.3 is 5.97 Å². The normalized spacial score (nSPS) is 11.8. The molecule has 0 unspecified atom stereocenters.